The molecular weight excluding hydrogens is 290 g/mol. The van der Waals surface area contributed by atoms with Crippen LogP contribution in [0.4, 0.5) is 0 Å². The molecule has 1 aliphatic heterocycles. The minimum absolute atomic E-state index is 0.118. The summed E-state index contributed by atoms with van der Waals surface area (Å²) in [5.74, 6) is 1.61. The van der Waals surface area contributed by atoms with Crippen molar-refractivity contribution in [2.75, 3.05) is 27.4 Å². The summed E-state index contributed by atoms with van der Waals surface area (Å²) in [6.45, 7) is 2.32. The molecule has 2 aromatic rings. The summed E-state index contributed by atoms with van der Waals surface area (Å²) in [5, 5.41) is 3.48. The van der Waals surface area contributed by atoms with Crippen LogP contribution in [0.2, 0.25) is 0 Å². The van der Waals surface area contributed by atoms with Gasteiger partial charge in [0.15, 0.2) is 0 Å². The molecule has 0 spiro atoms. The van der Waals surface area contributed by atoms with Gasteiger partial charge >= 0.3 is 0 Å². The van der Waals surface area contributed by atoms with Gasteiger partial charge in [-0.2, -0.15) is 0 Å². The minimum atomic E-state index is 0.118. The quantitative estimate of drug-likeness (QED) is 0.889. The number of hydrogen-bond acceptors (Lipinski definition) is 4. The number of benzene rings is 2. The predicted molar refractivity (Wildman–Crippen MR) is 90.1 cm³/mol. The van der Waals surface area contributed by atoms with E-state index in [-0.39, 0.29) is 6.10 Å². The van der Waals surface area contributed by atoms with Gasteiger partial charge < -0.3 is 19.5 Å². The minimum Gasteiger partial charge on any atom is -0.497 e. The van der Waals surface area contributed by atoms with E-state index in [9.17, 15) is 0 Å². The summed E-state index contributed by atoms with van der Waals surface area (Å²) in [7, 11) is 3.33. The number of methoxy groups -OCH3 is 2. The molecule has 0 aliphatic carbocycles. The highest BCUT2D eigenvalue weighted by molar-refractivity contribution is 5.38. The van der Waals surface area contributed by atoms with E-state index in [4.69, 9.17) is 14.2 Å². The third-order valence-corrected chi connectivity index (χ3v) is 4.16. The molecule has 4 heteroatoms. The number of ether oxygens (including phenoxy) is 3. The topological polar surface area (TPSA) is 39.7 Å². The van der Waals surface area contributed by atoms with Gasteiger partial charge in [-0.3, -0.25) is 0 Å². The lowest BCUT2D eigenvalue weighted by molar-refractivity contribution is 0.0423. The molecule has 0 saturated heterocycles. The molecule has 1 aliphatic rings. The van der Waals surface area contributed by atoms with E-state index >= 15 is 0 Å². The first-order chi connectivity index (χ1) is 11.3. The average Bonchev–Trinajstić information content (AvgIpc) is 2.61. The van der Waals surface area contributed by atoms with Crippen LogP contribution in [0, 0.1) is 0 Å². The molecule has 3 rings (SSSR count). The number of nitrogens with one attached hydrogen (secondary N) is 1. The largest absolute Gasteiger partial charge is 0.497 e. The number of hydrogen-bond donors (Lipinski definition) is 1. The van der Waals surface area contributed by atoms with Gasteiger partial charge in [-0.05, 0) is 35.2 Å². The van der Waals surface area contributed by atoms with E-state index in [0.717, 1.165) is 43.2 Å². The Kier molecular flexibility index (Phi) is 5.16. The summed E-state index contributed by atoms with van der Waals surface area (Å²) >= 11 is 0. The second kappa shape index (κ2) is 7.49. The molecule has 0 unspecified atom stereocenters. The van der Waals surface area contributed by atoms with Crippen LogP contribution in [0.15, 0.2) is 42.5 Å². The summed E-state index contributed by atoms with van der Waals surface area (Å²) in [6.07, 6.45) is 1.12. The van der Waals surface area contributed by atoms with Gasteiger partial charge in [0.2, 0.25) is 0 Å². The molecule has 1 N–H and O–H groups in total. The molecule has 0 amide bonds. The molecule has 4 nitrogen and oxygen atoms in total. The number of rotatable bonds is 6. The highest BCUT2D eigenvalue weighted by Gasteiger charge is 2.19. The lowest BCUT2D eigenvalue weighted by Gasteiger charge is -2.26. The van der Waals surface area contributed by atoms with Crippen LogP contribution >= 0.6 is 0 Å². The molecular formula is C19H23NO3. The van der Waals surface area contributed by atoms with Crippen molar-refractivity contribution in [2.24, 2.45) is 0 Å². The van der Waals surface area contributed by atoms with E-state index in [1.54, 1.807) is 14.2 Å². The fraction of sp³-hybridized carbons (Fsp3) is 0.368. The first kappa shape index (κ1) is 15.8. The second-order valence-electron chi connectivity index (χ2n) is 5.66. The Morgan fingerprint density at radius 3 is 2.57 bits per heavy atom. The highest BCUT2D eigenvalue weighted by Crippen LogP contribution is 2.26. The van der Waals surface area contributed by atoms with E-state index in [1.165, 1.54) is 11.1 Å². The average molecular weight is 313 g/mol. The van der Waals surface area contributed by atoms with Crippen LogP contribution in [0.3, 0.4) is 0 Å². The van der Waals surface area contributed by atoms with Crippen molar-refractivity contribution in [1.29, 1.82) is 0 Å². The van der Waals surface area contributed by atoms with Crippen molar-refractivity contribution in [1.82, 2.24) is 5.32 Å². The van der Waals surface area contributed by atoms with E-state index in [2.05, 4.69) is 29.6 Å². The van der Waals surface area contributed by atoms with Crippen molar-refractivity contribution in [3.8, 4) is 11.5 Å². The molecule has 0 fully saturated rings. The highest BCUT2D eigenvalue weighted by atomic mass is 16.5. The van der Waals surface area contributed by atoms with Crippen molar-refractivity contribution >= 4 is 0 Å². The van der Waals surface area contributed by atoms with Gasteiger partial charge in [0.25, 0.3) is 0 Å². The van der Waals surface area contributed by atoms with Gasteiger partial charge in [-0.15, -0.1) is 0 Å². The molecule has 23 heavy (non-hydrogen) atoms. The zero-order chi connectivity index (χ0) is 16.1. The Balaban J connectivity index is 1.62. The van der Waals surface area contributed by atoms with Crippen LogP contribution < -0.4 is 14.8 Å². The molecule has 122 valence electrons. The first-order valence-corrected chi connectivity index (χ1v) is 7.92. The summed E-state index contributed by atoms with van der Waals surface area (Å²) in [6, 6.07) is 14.4. The zero-order valence-electron chi connectivity index (χ0n) is 13.7. The maximum atomic E-state index is 5.92. The van der Waals surface area contributed by atoms with Crippen LogP contribution in [0.1, 0.15) is 22.8 Å². The Hall–Kier alpha value is -2.04. The maximum absolute atomic E-state index is 5.92. The van der Waals surface area contributed by atoms with Crippen LogP contribution in [0.25, 0.3) is 0 Å². The van der Waals surface area contributed by atoms with Gasteiger partial charge in [-0.1, -0.05) is 24.3 Å². The lowest BCUT2D eigenvalue weighted by Crippen LogP contribution is -2.27. The van der Waals surface area contributed by atoms with Crippen molar-refractivity contribution in [3.63, 3.8) is 0 Å². The van der Waals surface area contributed by atoms with Crippen molar-refractivity contribution in [2.45, 2.75) is 19.1 Å². The standard InChI is InChI=1S/C19H23NO3/c1-21-16-9-14(10-17(11-16)22-2)12-20-13-19-18-6-4-3-5-15(18)7-8-23-19/h3-6,9-11,19-20H,7-8,12-13H2,1-2H3/t19-/m1/s1. The van der Waals surface area contributed by atoms with Crippen LogP contribution in [0.5, 0.6) is 11.5 Å². The summed E-state index contributed by atoms with van der Waals surface area (Å²) in [4.78, 5) is 0. The third kappa shape index (κ3) is 3.84. The Bertz CT molecular complexity index is 635. The maximum Gasteiger partial charge on any atom is 0.122 e. The molecule has 0 saturated carbocycles. The normalized spacial score (nSPS) is 16.7. The Morgan fingerprint density at radius 1 is 1.09 bits per heavy atom. The zero-order valence-corrected chi connectivity index (χ0v) is 13.7. The van der Waals surface area contributed by atoms with Gasteiger partial charge in [0.1, 0.15) is 11.5 Å². The fourth-order valence-electron chi connectivity index (χ4n) is 2.96. The number of fused-ring (bicyclic) bond motifs is 1. The Morgan fingerprint density at radius 2 is 1.83 bits per heavy atom. The van der Waals surface area contributed by atoms with Gasteiger partial charge in [0.05, 0.1) is 26.9 Å². The molecule has 1 heterocycles. The predicted octanol–water partition coefficient (Wildman–Crippen LogP) is 3.11. The Labute approximate surface area is 137 Å². The third-order valence-electron chi connectivity index (χ3n) is 4.16. The monoisotopic (exact) mass is 313 g/mol. The van der Waals surface area contributed by atoms with E-state index < -0.39 is 0 Å². The smallest absolute Gasteiger partial charge is 0.122 e. The molecule has 1 atom stereocenters. The van der Waals surface area contributed by atoms with E-state index in [1.807, 2.05) is 18.2 Å². The summed E-state index contributed by atoms with van der Waals surface area (Å²) < 4.78 is 16.5. The fourth-order valence-corrected chi connectivity index (χ4v) is 2.96. The first-order valence-electron chi connectivity index (χ1n) is 7.92. The van der Waals surface area contributed by atoms with Crippen molar-refractivity contribution < 1.29 is 14.2 Å². The summed E-state index contributed by atoms with van der Waals surface area (Å²) in [5.41, 5.74) is 3.83. The second-order valence-corrected chi connectivity index (χ2v) is 5.66. The van der Waals surface area contributed by atoms with Crippen LogP contribution in [-0.2, 0) is 17.7 Å². The van der Waals surface area contributed by atoms with Gasteiger partial charge in [-0.25, -0.2) is 0 Å². The van der Waals surface area contributed by atoms with E-state index in [0.29, 0.717) is 0 Å². The molecule has 0 aromatic heterocycles. The van der Waals surface area contributed by atoms with Crippen LogP contribution in [-0.4, -0.2) is 27.4 Å². The lowest BCUT2D eigenvalue weighted by atomic mass is 9.97. The molecule has 0 bridgehead atoms. The molecule has 0 radical (unpaired) electrons. The molecule has 2 aromatic carbocycles. The van der Waals surface area contributed by atoms with Crippen molar-refractivity contribution in [3.05, 3.63) is 59.2 Å². The van der Waals surface area contributed by atoms with Gasteiger partial charge in [0, 0.05) is 19.2 Å². The SMILES string of the molecule is COc1cc(CNC[C@H]2OCCc3ccccc32)cc(OC)c1.